The molecule has 2 heterocycles. The van der Waals surface area contributed by atoms with Crippen LogP contribution in [0.25, 0.3) is 11.4 Å². The lowest BCUT2D eigenvalue weighted by Gasteiger charge is -2.09. The molecule has 2 aromatic heterocycles. The van der Waals surface area contributed by atoms with Gasteiger partial charge in [0.2, 0.25) is 0 Å². The standard InChI is InChI=1S/C18H22N6/c1-12-21-22-18(23(12)2)14-5-4-6-16(9-14)19-10-15-11-20-24(3)17(15)13-7-8-13/h4-6,9,11,13,19H,7-8,10H2,1-3H3. The van der Waals surface area contributed by atoms with E-state index in [2.05, 4.69) is 38.8 Å². The van der Waals surface area contributed by atoms with Crippen molar-refractivity contribution in [2.24, 2.45) is 14.1 Å². The molecule has 1 aromatic carbocycles. The monoisotopic (exact) mass is 322 g/mol. The number of aromatic nitrogens is 5. The van der Waals surface area contributed by atoms with Gasteiger partial charge in [-0.05, 0) is 31.9 Å². The maximum absolute atomic E-state index is 4.42. The van der Waals surface area contributed by atoms with Crippen molar-refractivity contribution in [2.75, 3.05) is 5.32 Å². The van der Waals surface area contributed by atoms with Crippen molar-refractivity contribution in [2.45, 2.75) is 32.2 Å². The number of nitrogens with zero attached hydrogens (tertiary/aromatic N) is 5. The van der Waals surface area contributed by atoms with Gasteiger partial charge in [0.25, 0.3) is 0 Å². The second-order valence-corrected chi connectivity index (χ2v) is 6.52. The van der Waals surface area contributed by atoms with Crippen LogP contribution < -0.4 is 5.32 Å². The van der Waals surface area contributed by atoms with Crippen LogP contribution in [0.4, 0.5) is 5.69 Å². The maximum Gasteiger partial charge on any atom is 0.163 e. The van der Waals surface area contributed by atoms with E-state index in [1.54, 1.807) is 0 Å². The van der Waals surface area contributed by atoms with Crippen molar-refractivity contribution in [3.8, 4) is 11.4 Å². The molecule has 0 atom stereocenters. The first-order chi connectivity index (χ1) is 11.6. The van der Waals surface area contributed by atoms with E-state index in [1.807, 2.05) is 42.5 Å². The van der Waals surface area contributed by atoms with E-state index >= 15 is 0 Å². The van der Waals surface area contributed by atoms with Gasteiger partial charge in [0.1, 0.15) is 5.82 Å². The highest BCUT2D eigenvalue weighted by molar-refractivity contribution is 5.62. The molecule has 1 aliphatic carbocycles. The summed E-state index contributed by atoms with van der Waals surface area (Å²) in [7, 11) is 4.02. The first kappa shape index (κ1) is 14.9. The van der Waals surface area contributed by atoms with Crippen molar-refractivity contribution in [1.29, 1.82) is 0 Å². The minimum Gasteiger partial charge on any atom is -0.381 e. The fourth-order valence-corrected chi connectivity index (χ4v) is 3.14. The van der Waals surface area contributed by atoms with E-state index < -0.39 is 0 Å². The fraction of sp³-hybridized carbons (Fsp3) is 0.389. The van der Waals surface area contributed by atoms with Gasteiger partial charge in [-0.3, -0.25) is 4.68 Å². The minimum absolute atomic E-state index is 0.697. The van der Waals surface area contributed by atoms with E-state index in [9.17, 15) is 0 Å². The maximum atomic E-state index is 4.42. The highest BCUT2D eigenvalue weighted by Gasteiger charge is 2.29. The minimum atomic E-state index is 0.697. The SMILES string of the molecule is Cc1nnc(-c2cccc(NCc3cnn(C)c3C3CC3)c2)n1C. The Balaban J connectivity index is 1.54. The van der Waals surface area contributed by atoms with Crippen LogP contribution in [0, 0.1) is 6.92 Å². The zero-order valence-electron chi connectivity index (χ0n) is 14.3. The van der Waals surface area contributed by atoms with Gasteiger partial charge in [-0.2, -0.15) is 5.10 Å². The van der Waals surface area contributed by atoms with Crippen LogP contribution in [-0.4, -0.2) is 24.5 Å². The predicted molar refractivity (Wildman–Crippen MR) is 93.7 cm³/mol. The molecule has 24 heavy (non-hydrogen) atoms. The van der Waals surface area contributed by atoms with Crippen LogP contribution in [0.2, 0.25) is 0 Å². The van der Waals surface area contributed by atoms with Gasteiger partial charge in [-0.1, -0.05) is 12.1 Å². The largest absolute Gasteiger partial charge is 0.381 e. The molecule has 0 amide bonds. The van der Waals surface area contributed by atoms with Crippen LogP contribution in [0.3, 0.4) is 0 Å². The van der Waals surface area contributed by atoms with Crippen molar-refractivity contribution >= 4 is 5.69 Å². The summed E-state index contributed by atoms with van der Waals surface area (Å²) in [5.41, 5.74) is 4.82. The Morgan fingerprint density at radius 2 is 2.04 bits per heavy atom. The normalized spacial score (nSPS) is 14.1. The van der Waals surface area contributed by atoms with E-state index in [0.717, 1.165) is 29.4 Å². The molecule has 0 saturated heterocycles. The predicted octanol–water partition coefficient (Wildman–Crippen LogP) is 3.01. The molecule has 3 aromatic rings. The Labute approximate surface area is 141 Å². The Hall–Kier alpha value is -2.63. The van der Waals surface area contributed by atoms with Gasteiger partial charge in [-0.15, -0.1) is 10.2 Å². The topological polar surface area (TPSA) is 60.6 Å². The van der Waals surface area contributed by atoms with Gasteiger partial charge in [0.05, 0.1) is 6.20 Å². The van der Waals surface area contributed by atoms with Crippen LogP contribution >= 0.6 is 0 Å². The van der Waals surface area contributed by atoms with E-state index in [1.165, 1.54) is 24.1 Å². The number of hydrogen-bond acceptors (Lipinski definition) is 4. The van der Waals surface area contributed by atoms with Crippen molar-refractivity contribution in [3.05, 3.63) is 47.5 Å². The summed E-state index contributed by atoms with van der Waals surface area (Å²) in [6, 6.07) is 8.32. The third-order valence-electron chi connectivity index (χ3n) is 4.72. The van der Waals surface area contributed by atoms with Crippen LogP contribution in [0.15, 0.2) is 30.5 Å². The van der Waals surface area contributed by atoms with Crippen molar-refractivity contribution in [1.82, 2.24) is 24.5 Å². The average molecular weight is 322 g/mol. The summed E-state index contributed by atoms with van der Waals surface area (Å²) in [4.78, 5) is 0. The molecule has 0 spiro atoms. The van der Waals surface area contributed by atoms with E-state index in [4.69, 9.17) is 0 Å². The molecule has 6 heteroatoms. The van der Waals surface area contributed by atoms with Gasteiger partial charge in [0, 0.05) is 49.1 Å². The molecule has 1 aliphatic rings. The molecule has 4 rings (SSSR count). The summed E-state index contributed by atoms with van der Waals surface area (Å²) in [6.45, 7) is 2.75. The fourth-order valence-electron chi connectivity index (χ4n) is 3.14. The molecule has 1 fully saturated rings. The molecule has 0 unspecified atom stereocenters. The highest BCUT2D eigenvalue weighted by atomic mass is 15.3. The molecular formula is C18H22N6. The summed E-state index contributed by atoms with van der Waals surface area (Å²) in [6.07, 6.45) is 4.55. The Morgan fingerprint density at radius 1 is 1.21 bits per heavy atom. The summed E-state index contributed by atoms with van der Waals surface area (Å²) in [5, 5.41) is 16.4. The number of rotatable bonds is 5. The quantitative estimate of drug-likeness (QED) is 0.784. The number of benzene rings is 1. The van der Waals surface area contributed by atoms with Crippen LogP contribution in [0.5, 0.6) is 0 Å². The van der Waals surface area contributed by atoms with Crippen molar-refractivity contribution < 1.29 is 0 Å². The second-order valence-electron chi connectivity index (χ2n) is 6.52. The molecule has 124 valence electrons. The molecule has 1 N–H and O–H groups in total. The Morgan fingerprint density at radius 3 is 2.75 bits per heavy atom. The number of anilines is 1. The first-order valence-electron chi connectivity index (χ1n) is 8.34. The van der Waals surface area contributed by atoms with Gasteiger partial charge < -0.3 is 9.88 Å². The number of hydrogen-bond donors (Lipinski definition) is 1. The lowest BCUT2D eigenvalue weighted by atomic mass is 10.1. The Bertz CT molecular complexity index is 872. The smallest absolute Gasteiger partial charge is 0.163 e. The summed E-state index contributed by atoms with van der Waals surface area (Å²) < 4.78 is 4.03. The van der Waals surface area contributed by atoms with E-state index in [-0.39, 0.29) is 0 Å². The molecule has 0 bridgehead atoms. The Kier molecular flexibility index (Phi) is 3.59. The molecular weight excluding hydrogens is 300 g/mol. The third-order valence-corrected chi connectivity index (χ3v) is 4.72. The zero-order valence-corrected chi connectivity index (χ0v) is 14.3. The van der Waals surface area contributed by atoms with Crippen LogP contribution in [0.1, 0.15) is 35.8 Å². The molecule has 1 saturated carbocycles. The lowest BCUT2D eigenvalue weighted by Crippen LogP contribution is -2.04. The number of aryl methyl sites for hydroxylation is 2. The highest BCUT2D eigenvalue weighted by Crippen LogP contribution is 2.41. The number of nitrogens with one attached hydrogen (secondary N) is 1. The van der Waals surface area contributed by atoms with Gasteiger partial charge in [0.15, 0.2) is 5.82 Å². The molecule has 0 radical (unpaired) electrons. The van der Waals surface area contributed by atoms with Gasteiger partial charge in [-0.25, -0.2) is 0 Å². The third kappa shape index (κ3) is 2.68. The average Bonchev–Trinajstić information content (AvgIpc) is 3.27. The van der Waals surface area contributed by atoms with Crippen LogP contribution in [-0.2, 0) is 20.6 Å². The first-order valence-corrected chi connectivity index (χ1v) is 8.34. The zero-order chi connectivity index (χ0) is 16.7. The molecule has 6 nitrogen and oxygen atoms in total. The molecule has 0 aliphatic heterocycles. The van der Waals surface area contributed by atoms with E-state index in [0.29, 0.717) is 5.92 Å². The van der Waals surface area contributed by atoms with Gasteiger partial charge >= 0.3 is 0 Å². The lowest BCUT2D eigenvalue weighted by molar-refractivity contribution is 0.710. The second kappa shape index (κ2) is 5.78. The van der Waals surface area contributed by atoms with Crippen molar-refractivity contribution in [3.63, 3.8) is 0 Å². The summed E-state index contributed by atoms with van der Waals surface area (Å²) in [5.74, 6) is 2.49. The summed E-state index contributed by atoms with van der Waals surface area (Å²) >= 11 is 0.